The van der Waals surface area contributed by atoms with Gasteiger partial charge in [-0.15, -0.1) is 11.8 Å². The number of carbonyl (C=O) groups is 1. The summed E-state index contributed by atoms with van der Waals surface area (Å²) in [6.07, 6.45) is 0. The summed E-state index contributed by atoms with van der Waals surface area (Å²) in [4.78, 5) is 14.8. The van der Waals surface area contributed by atoms with Gasteiger partial charge in [-0.3, -0.25) is 4.79 Å². The summed E-state index contributed by atoms with van der Waals surface area (Å²) in [6.45, 7) is 0. The SMILES string of the molecule is CNC(=O)c1noc(CSCC#N)n1. The molecule has 6 nitrogen and oxygen atoms in total. The first kappa shape index (κ1) is 10.5. The van der Waals surface area contributed by atoms with E-state index < -0.39 is 0 Å². The number of carbonyl (C=O) groups excluding carboxylic acids is 1. The van der Waals surface area contributed by atoms with E-state index in [0.29, 0.717) is 17.4 Å². The maximum absolute atomic E-state index is 11.0. The molecule has 1 rings (SSSR count). The third-order valence-electron chi connectivity index (χ3n) is 1.29. The van der Waals surface area contributed by atoms with Gasteiger partial charge in [-0.1, -0.05) is 5.16 Å². The smallest absolute Gasteiger partial charge is 0.292 e. The van der Waals surface area contributed by atoms with Crippen molar-refractivity contribution in [2.24, 2.45) is 0 Å². The van der Waals surface area contributed by atoms with E-state index in [1.165, 1.54) is 18.8 Å². The van der Waals surface area contributed by atoms with Gasteiger partial charge in [0.25, 0.3) is 11.7 Å². The van der Waals surface area contributed by atoms with E-state index in [1.54, 1.807) is 0 Å². The highest BCUT2D eigenvalue weighted by Gasteiger charge is 2.12. The quantitative estimate of drug-likeness (QED) is 0.716. The van der Waals surface area contributed by atoms with Crippen molar-refractivity contribution in [1.82, 2.24) is 15.5 Å². The molecule has 1 aromatic rings. The largest absolute Gasteiger partial charge is 0.352 e. The van der Waals surface area contributed by atoms with Crippen molar-refractivity contribution in [2.45, 2.75) is 5.75 Å². The average Bonchev–Trinajstić information content (AvgIpc) is 2.66. The summed E-state index contributed by atoms with van der Waals surface area (Å²) in [7, 11) is 1.49. The van der Waals surface area contributed by atoms with Gasteiger partial charge in [0.05, 0.1) is 17.6 Å². The molecule has 1 amide bonds. The first-order chi connectivity index (χ1) is 6.77. The van der Waals surface area contributed by atoms with Crippen molar-refractivity contribution < 1.29 is 9.32 Å². The second-order valence-electron chi connectivity index (χ2n) is 2.24. The second kappa shape index (κ2) is 5.24. The maximum atomic E-state index is 11.0. The Hall–Kier alpha value is -1.55. The molecule has 0 fully saturated rings. The van der Waals surface area contributed by atoms with Gasteiger partial charge in [-0.25, -0.2) is 0 Å². The third kappa shape index (κ3) is 2.74. The van der Waals surface area contributed by atoms with E-state index >= 15 is 0 Å². The Morgan fingerprint density at radius 2 is 2.57 bits per heavy atom. The van der Waals surface area contributed by atoms with E-state index in [2.05, 4.69) is 15.5 Å². The first-order valence-electron chi connectivity index (χ1n) is 3.77. The number of hydrogen-bond acceptors (Lipinski definition) is 6. The van der Waals surface area contributed by atoms with Gasteiger partial charge < -0.3 is 9.84 Å². The highest BCUT2D eigenvalue weighted by Crippen LogP contribution is 2.09. The summed E-state index contributed by atoms with van der Waals surface area (Å²) in [5.41, 5.74) is 0. The van der Waals surface area contributed by atoms with Crippen LogP contribution in [0.4, 0.5) is 0 Å². The van der Waals surface area contributed by atoms with Crippen LogP contribution < -0.4 is 5.32 Å². The molecule has 7 heteroatoms. The minimum Gasteiger partial charge on any atom is -0.352 e. The van der Waals surface area contributed by atoms with Gasteiger partial charge in [0.2, 0.25) is 5.89 Å². The Labute approximate surface area is 84.7 Å². The highest BCUT2D eigenvalue weighted by molar-refractivity contribution is 7.98. The molecular formula is C7H8N4O2S. The van der Waals surface area contributed by atoms with Crippen LogP contribution in [0.15, 0.2) is 4.52 Å². The maximum Gasteiger partial charge on any atom is 0.292 e. The zero-order chi connectivity index (χ0) is 10.4. The van der Waals surface area contributed by atoms with Crippen LogP contribution in [-0.4, -0.2) is 28.8 Å². The van der Waals surface area contributed by atoms with Gasteiger partial charge in [0.15, 0.2) is 0 Å². The topological polar surface area (TPSA) is 91.8 Å². The van der Waals surface area contributed by atoms with Gasteiger partial charge in [0.1, 0.15) is 0 Å². The van der Waals surface area contributed by atoms with Crippen LogP contribution in [0.25, 0.3) is 0 Å². The number of thioether (sulfide) groups is 1. The minimum atomic E-state index is -0.384. The molecule has 0 saturated carbocycles. The zero-order valence-electron chi connectivity index (χ0n) is 7.48. The van der Waals surface area contributed by atoms with Crippen LogP contribution in [-0.2, 0) is 5.75 Å². The van der Waals surface area contributed by atoms with Crippen molar-refractivity contribution in [2.75, 3.05) is 12.8 Å². The molecule has 1 heterocycles. The summed E-state index contributed by atoms with van der Waals surface area (Å²) < 4.78 is 4.78. The Bertz CT molecular complexity index is 357. The number of nitrogens with one attached hydrogen (secondary N) is 1. The first-order valence-corrected chi connectivity index (χ1v) is 4.92. The van der Waals surface area contributed by atoms with Crippen molar-refractivity contribution >= 4 is 17.7 Å². The zero-order valence-corrected chi connectivity index (χ0v) is 8.30. The highest BCUT2D eigenvalue weighted by atomic mass is 32.2. The fourth-order valence-electron chi connectivity index (χ4n) is 0.702. The van der Waals surface area contributed by atoms with E-state index in [9.17, 15) is 4.79 Å². The van der Waals surface area contributed by atoms with Crippen LogP contribution in [0.3, 0.4) is 0 Å². The van der Waals surface area contributed by atoms with Gasteiger partial charge in [-0.2, -0.15) is 10.2 Å². The predicted octanol–water partition coefficient (Wildman–Crippen LogP) is 0.186. The number of aromatic nitrogens is 2. The molecular weight excluding hydrogens is 204 g/mol. The summed E-state index contributed by atoms with van der Waals surface area (Å²) in [6, 6.07) is 1.97. The Morgan fingerprint density at radius 1 is 1.79 bits per heavy atom. The molecule has 0 spiro atoms. The standard InChI is InChI=1S/C7H8N4O2S/c1-9-7(12)6-10-5(13-11-6)4-14-3-2-8/h3-4H2,1H3,(H,9,12). The molecule has 74 valence electrons. The number of amides is 1. The molecule has 0 aliphatic heterocycles. The fraction of sp³-hybridized carbons (Fsp3) is 0.429. The van der Waals surface area contributed by atoms with Gasteiger partial charge in [0, 0.05) is 7.05 Å². The average molecular weight is 212 g/mol. The van der Waals surface area contributed by atoms with Crippen LogP contribution in [0, 0.1) is 11.3 Å². The normalized spacial score (nSPS) is 9.43. The molecule has 0 saturated heterocycles. The summed E-state index contributed by atoms with van der Waals surface area (Å²) in [5.74, 6) is 0.782. The van der Waals surface area contributed by atoms with Crippen LogP contribution in [0.5, 0.6) is 0 Å². The number of hydrogen-bond donors (Lipinski definition) is 1. The molecule has 0 aliphatic rings. The molecule has 1 N–H and O–H groups in total. The van der Waals surface area contributed by atoms with Crippen LogP contribution >= 0.6 is 11.8 Å². The van der Waals surface area contributed by atoms with E-state index in [-0.39, 0.29) is 11.7 Å². The van der Waals surface area contributed by atoms with E-state index in [4.69, 9.17) is 9.78 Å². The molecule has 0 bridgehead atoms. The lowest BCUT2D eigenvalue weighted by molar-refractivity contribution is 0.0950. The van der Waals surface area contributed by atoms with Crippen molar-refractivity contribution in [3.8, 4) is 6.07 Å². The lowest BCUT2D eigenvalue weighted by atomic mass is 10.6. The molecule has 0 atom stereocenters. The van der Waals surface area contributed by atoms with Crippen LogP contribution in [0.1, 0.15) is 16.5 Å². The lowest BCUT2D eigenvalue weighted by Gasteiger charge is -1.88. The monoisotopic (exact) mass is 212 g/mol. The predicted molar refractivity (Wildman–Crippen MR) is 49.5 cm³/mol. The number of nitrogens with zero attached hydrogens (tertiary/aromatic N) is 3. The summed E-state index contributed by atoms with van der Waals surface area (Å²) in [5, 5.41) is 14.1. The van der Waals surface area contributed by atoms with Crippen molar-refractivity contribution in [3.63, 3.8) is 0 Å². The molecule has 0 aliphatic carbocycles. The van der Waals surface area contributed by atoms with Gasteiger partial charge in [-0.05, 0) is 0 Å². The minimum absolute atomic E-state index is 0.0139. The van der Waals surface area contributed by atoms with Crippen molar-refractivity contribution in [1.29, 1.82) is 5.26 Å². The summed E-state index contributed by atoms with van der Waals surface area (Å²) >= 11 is 1.35. The fourth-order valence-corrected chi connectivity index (χ4v) is 1.19. The van der Waals surface area contributed by atoms with Crippen LogP contribution in [0.2, 0.25) is 0 Å². The molecule has 1 aromatic heterocycles. The van der Waals surface area contributed by atoms with Gasteiger partial charge >= 0.3 is 0 Å². The second-order valence-corrected chi connectivity index (χ2v) is 3.23. The lowest BCUT2D eigenvalue weighted by Crippen LogP contribution is -2.19. The van der Waals surface area contributed by atoms with E-state index in [0.717, 1.165) is 0 Å². The number of rotatable bonds is 4. The molecule has 0 radical (unpaired) electrons. The Kier molecular flexibility index (Phi) is 3.94. The molecule has 0 unspecified atom stereocenters. The molecule has 0 aromatic carbocycles. The molecule has 14 heavy (non-hydrogen) atoms. The third-order valence-corrected chi connectivity index (χ3v) is 2.07. The number of nitriles is 1. The van der Waals surface area contributed by atoms with Crippen molar-refractivity contribution in [3.05, 3.63) is 11.7 Å². The Balaban J connectivity index is 2.51. The van der Waals surface area contributed by atoms with E-state index in [1.807, 2.05) is 6.07 Å². The Morgan fingerprint density at radius 3 is 3.21 bits per heavy atom.